The molecular formula is C14H21NO5. The quantitative estimate of drug-likeness (QED) is 0.854. The average molecular weight is 283 g/mol. The summed E-state index contributed by atoms with van der Waals surface area (Å²) in [4.78, 5) is 23.8. The number of carboxylic acid groups (broad SMARTS) is 1. The smallest absolute Gasteiger partial charge is 0.315 e. The lowest BCUT2D eigenvalue weighted by Gasteiger charge is -2.31. The molecule has 0 spiro atoms. The zero-order valence-corrected chi connectivity index (χ0v) is 12.7. The monoisotopic (exact) mass is 283 g/mol. The van der Waals surface area contributed by atoms with Crippen LogP contribution in [0.3, 0.4) is 0 Å². The van der Waals surface area contributed by atoms with Gasteiger partial charge in [-0.2, -0.15) is 0 Å². The molecule has 0 radical (unpaired) electrons. The van der Waals surface area contributed by atoms with Crippen LogP contribution in [0.1, 0.15) is 52.0 Å². The van der Waals surface area contributed by atoms with Crippen LogP contribution in [0, 0.1) is 12.3 Å². The molecule has 6 heteroatoms. The van der Waals surface area contributed by atoms with Gasteiger partial charge in [0.15, 0.2) is 5.76 Å². The van der Waals surface area contributed by atoms with Crippen LogP contribution in [-0.4, -0.2) is 27.8 Å². The molecule has 0 aliphatic rings. The maximum atomic E-state index is 12.3. The van der Waals surface area contributed by atoms with Crippen molar-refractivity contribution in [2.45, 2.75) is 53.1 Å². The van der Waals surface area contributed by atoms with Crippen LogP contribution in [0.4, 0.5) is 0 Å². The van der Waals surface area contributed by atoms with E-state index in [0.29, 0.717) is 5.69 Å². The van der Waals surface area contributed by atoms with Gasteiger partial charge in [0, 0.05) is 6.07 Å². The summed E-state index contributed by atoms with van der Waals surface area (Å²) in [5.74, 6) is -2.76. The highest BCUT2D eigenvalue weighted by molar-refractivity contribution is 5.87. The number of carbonyl (C=O) groups is 2. The van der Waals surface area contributed by atoms with Crippen LogP contribution in [-0.2, 0) is 14.3 Å². The Balaban J connectivity index is 3.13. The zero-order valence-electron chi connectivity index (χ0n) is 12.7. The summed E-state index contributed by atoms with van der Waals surface area (Å²) in [6, 6.07) is 1.52. The van der Waals surface area contributed by atoms with Crippen molar-refractivity contribution in [3.63, 3.8) is 0 Å². The number of aliphatic carboxylic acids is 1. The fourth-order valence-corrected chi connectivity index (χ4v) is 1.83. The van der Waals surface area contributed by atoms with E-state index in [1.54, 1.807) is 27.7 Å². The molecule has 0 aliphatic carbocycles. The van der Waals surface area contributed by atoms with Crippen LogP contribution in [0.5, 0.6) is 0 Å². The lowest BCUT2D eigenvalue weighted by atomic mass is 9.77. The highest BCUT2D eigenvalue weighted by Gasteiger charge is 2.47. The molecule has 1 rings (SSSR count). The third-order valence-corrected chi connectivity index (χ3v) is 2.82. The van der Waals surface area contributed by atoms with E-state index in [1.165, 1.54) is 19.9 Å². The Hall–Kier alpha value is -1.85. The third-order valence-electron chi connectivity index (χ3n) is 2.82. The highest BCUT2D eigenvalue weighted by atomic mass is 16.6. The number of hydrogen-bond acceptors (Lipinski definition) is 5. The number of nitrogens with zero attached hydrogens (tertiary/aromatic N) is 1. The summed E-state index contributed by atoms with van der Waals surface area (Å²) in [7, 11) is 0. The summed E-state index contributed by atoms with van der Waals surface area (Å²) in [6.07, 6.45) is 0. The number of rotatable bonds is 4. The van der Waals surface area contributed by atoms with Crippen LogP contribution < -0.4 is 0 Å². The van der Waals surface area contributed by atoms with E-state index in [4.69, 9.17) is 9.26 Å². The third kappa shape index (κ3) is 3.59. The van der Waals surface area contributed by atoms with Crippen LogP contribution in [0.25, 0.3) is 0 Å². The average Bonchev–Trinajstić information content (AvgIpc) is 2.60. The summed E-state index contributed by atoms with van der Waals surface area (Å²) in [5, 5.41) is 13.1. The van der Waals surface area contributed by atoms with Crippen LogP contribution in [0.15, 0.2) is 10.6 Å². The Morgan fingerprint density at radius 2 is 1.85 bits per heavy atom. The maximum Gasteiger partial charge on any atom is 0.315 e. The molecule has 0 saturated heterocycles. The first kappa shape index (κ1) is 16.2. The largest absolute Gasteiger partial charge is 0.481 e. The molecule has 0 fully saturated rings. The van der Waals surface area contributed by atoms with Gasteiger partial charge in [-0.1, -0.05) is 5.16 Å². The Morgan fingerprint density at radius 3 is 2.20 bits per heavy atom. The SMILES string of the molecule is Cc1cc(C(C(=O)O)C(C)(C)C(=O)OC(C)(C)C)on1. The van der Waals surface area contributed by atoms with Crippen molar-refractivity contribution in [1.29, 1.82) is 0 Å². The van der Waals surface area contributed by atoms with E-state index in [-0.39, 0.29) is 5.76 Å². The molecule has 1 aromatic heterocycles. The van der Waals surface area contributed by atoms with Crippen molar-refractivity contribution >= 4 is 11.9 Å². The van der Waals surface area contributed by atoms with Gasteiger partial charge in [0.25, 0.3) is 0 Å². The molecule has 0 bridgehead atoms. The van der Waals surface area contributed by atoms with Gasteiger partial charge < -0.3 is 14.4 Å². The second kappa shape index (κ2) is 5.26. The summed E-state index contributed by atoms with van der Waals surface area (Å²) >= 11 is 0. The van der Waals surface area contributed by atoms with E-state index in [2.05, 4.69) is 5.16 Å². The molecule has 6 nitrogen and oxygen atoms in total. The van der Waals surface area contributed by atoms with Gasteiger partial charge in [-0.15, -0.1) is 0 Å². The number of esters is 1. The van der Waals surface area contributed by atoms with Gasteiger partial charge in [-0.05, 0) is 41.5 Å². The molecule has 1 atom stereocenters. The predicted octanol–water partition coefficient (Wildman–Crippen LogP) is 2.52. The topological polar surface area (TPSA) is 89.6 Å². The van der Waals surface area contributed by atoms with Crippen molar-refractivity contribution in [1.82, 2.24) is 5.16 Å². The molecule has 1 unspecified atom stereocenters. The van der Waals surface area contributed by atoms with E-state index < -0.39 is 28.9 Å². The summed E-state index contributed by atoms with van der Waals surface area (Å²) in [5.41, 5.74) is -1.40. The van der Waals surface area contributed by atoms with Gasteiger partial charge in [-0.25, -0.2) is 0 Å². The number of carbonyl (C=O) groups excluding carboxylic acids is 1. The van der Waals surface area contributed by atoms with Crippen molar-refractivity contribution in [2.24, 2.45) is 5.41 Å². The lowest BCUT2D eigenvalue weighted by Crippen LogP contribution is -2.40. The standard InChI is InChI=1S/C14H21NO5/c1-8-7-9(20-15-8)10(11(16)17)14(5,6)12(18)19-13(2,3)4/h7,10H,1-6H3,(H,16,17). The first-order chi connectivity index (χ1) is 8.95. The minimum atomic E-state index is -1.27. The maximum absolute atomic E-state index is 12.3. The Morgan fingerprint density at radius 1 is 1.30 bits per heavy atom. The molecule has 1 N–H and O–H groups in total. The second-order valence-electron chi connectivity index (χ2n) is 6.37. The number of ether oxygens (including phenoxy) is 1. The van der Waals surface area contributed by atoms with Gasteiger partial charge in [0.2, 0.25) is 0 Å². The van der Waals surface area contributed by atoms with Crippen molar-refractivity contribution in [2.75, 3.05) is 0 Å². The molecule has 0 saturated carbocycles. The summed E-state index contributed by atoms with van der Waals surface area (Å²) in [6.45, 7) is 9.93. The normalized spacial score (nSPS) is 13.9. The molecule has 1 heterocycles. The van der Waals surface area contributed by atoms with Gasteiger partial charge in [0.05, 0.1) is 11.1 Å². The lowest BCUT2D eigenvalue weighted by molar-refractivity contribution is -0.171. The number of carboxylic acids is 1. The number of aryl methyl sites for hydroxylation is 1. The minimum Gasteiger partial charge on any atom is -0.481 e. The van der Waals surface area contributed by atoms with Gasteiger partial charge in [-0.3, -0.25) is 9.59 Å². The van der Waals surface area contributed by atoms with Gasteiger partial charge >= 0.3 is 11.9 Å². The predicted molar refractivity (Wildman–Crippen MR) is 71.2 cm³/mol. The number of aromatic nitrogens is 1. The molecular weight excluding hydrogens is 262 g/mol. The van der Waals surface area contributed by atoms with E-state index in [0.717, 1.165) is 0 Å². The molecule has 0 aromatic carbocycles. The van der Waals surface area contributed by atoms with Crippen molar-refractivity contribution < 1.29 is 24.0 Å². The first-order valence-electron chi connectivity index (χ1n) is 6.34. The van der Waals surface area contributed by atoms with Crippen molar-refractivity contribution in [3.05, 3.63) is 17.5 Å². The molecule has 1 aromatic rings. The Labute approximate surface area is 118 Å². The second-order valence-corrected chi connectivity index (χ2v) is 6.37. The van der Waals surface area contributed by atoms with Crippen LogP contribution in [0.2, 0.25) is 0 Å². The Kier molecular flexibility index (Phi) is 4.27. The fourth-order valence-electron chi connectivity index (χ4n) is 1.83. The minimum absolute atomic E-state index is 0.144. The van der Waals surface area contributed by atoms with E-state index in [1.807, 2.05) is 0 Å². The fraction of sp³-hybridized carbons (Fsp3) is 0.643. The van der Waals surface area contributed by atoms with E-state index >= 15 is 0 Å². The highest BCUT2D eigenvalue weighted by Crippen LogP contribution is 2.38. The molecule has 0 amide bonds. The summed E-state index contributed by atoms with van der Waals surface area (Å²) < 4.78 is 10.3. The molecule has 112 valence electrons. The zero-order chi connectivity index (χ0) is 15.7. The first-order valence-corrected chi connectivity index (χ1v) is 6.34. The van der Waals surface area contributed by atoms with Crippen LogP contribution >= 0.6 is 0 Å². The molecule has 0 aliphatic heterocycles. The number of hydrogen-bond donors (Lipinski definition) is 1. The Bertz CT molecular complexity index is 510. The van der Waals surface area contributed by atoms with Crippen molar-refractivity contribution in [3.8, 4) is 0 Å². The van der Waals surface area contributed by atoms with Gasteiger partial charge in [0.1, 0.15) is 11.5 Å². The van der Waals surface area contributed by atoms with E-state index in [9.17, 15) is 14.7 Å². The molecule has 20 heavy (non-hydrogen) atoms.